The summed E-state index contributed by atoms with van der Waals surface area (Å²) in [5.41, 5.74) is 7.87. The fourth-order valence-electron chi connectivity index (χ4n) is 5.08. The number of piperazine rings is 1. The highest BCUT2D eigenvalue weighted by molar-refractivity contribution is 5.38. The molecule has 0 bridgehead atoms. The first-order chi connectivity index (χ1) is 14.2. The number of aromatic nitrogens is 2. The number of rotatable bonds is 3. The lowest BCUT2D eigenvalue weighted by molar-refractivity contribution is 0.269. The molecule has 3 aliphatic rings. The Morgan fingerprint density at radius 2 is 1.79 bits per heavy atom. The third kappa shape index (κ3) is 3.60. The van der Waals surface area contributed by atoms with E-state index >= 15 is 0 Å². The average molecular weight is 400 g/mol. The lowest BCUT2D eigenvalue weighted by Crippen LogP contribution is -2.44. The number of hydrazine groups is 1. The minimum absolute atomic E-state index is 0.0204. The molecular weight excluding hydrogens is 374 g/mol. The molecule has 5 rings (SSSR count). The molecule has 3 heterocycles. The Hall–Kier alpha value is -2.16. The van der Waals surface area contributed by atoms with E-state index in [0.29, 0.717) is 6.42 Å². The van der Waals surface area contributed by atoms with E-state index in [0.717, 1.165) is 50.5 Å². The summed E-state index contributed by atoms with van der Waals surface area (Å²) in [5, 5.41) is 3.35. The van der Waals surface area contributed by atoms with Crippen molar-refractivity contribution in [1.29, 1.82) is 0 Å². The lowest BCUT2D eigenvalue weighted by Gasteiger charge is -2.34. The van der Waals surface area contributed by atoms with Crippen molar-refractivity contribution in [1.82, 2.24) is 26.1 Å². The van der Waals surface area contributed by atoms with Crippen LogP contribution < -0.4 is 21.1 Å². The number of anilines is 1. The Morgan fingerprint density at radius 3 is 2.59 bits per heavy atom. The Labute approximate surface area is 169 Å². The minimum atomic E-state index is -0.440. The van der Waals surface area contributed by atoms with Crippen LogP contribution in [0.5, 0.6) is 0 Å². The van der Waals surface area contributed by atoms with Crippen LogP contribution in [0.25, 0.3) is 0 Å². The second-order valence-electron chi connectivity index (χ2n) is 8.22. The topological polar surface area (TPSA) is 65.1 Å². The summed E-state index contributed by atoms with van der Waals surface area (Å²) in [6.07, 6.45) is 5.98. The van der Waals surface area contributed by atoms with E-state index in [2.05, 4.69) is 26.1 Å². The maximum absolute atomic E-state index is 14.4. The number of nitrogens with one attached hydrogen (secondary N) is 3. The van der Waals surface area contributed by atoms with Gasteiger partial charge in [0.05, 0.1) is 24.1 Å². The number of fused-ring (bicyclic) bond motifs is 1. The number of nitrogens with zero attached hydrogens (tertiary/aromatic N) is 3. The summed E-state index contributed by atoms with van der Waals surface area (Å²) >= 11 is 0. The quantitative estimate of drug-likeness (QED) is 0.735. The summed E-state index contributed by atoms with van der Waals surface area (Å²) < 4.78 is 28.7. The summed E-state index contributed by atoms with van der Waals surface area (Å²) in [5.74, 6) is 0.0990. The molecule has 4 unspecified atom stereocenters. The fourth-order valence-corrected chi connectivity index (χ4v) is 5.08. The Kier molecular flexibility index (Phi) is 5.15. The average Bonchev–Trinajstić information content (AvgIpc) is 3.18. The van der Waals surface area contributed by atoms with Gasteiger partial charge in [-0.2, -0.15) is 0 Å². The van der Waals surface area contributed by atoms with Gasteiger partial charge in [-0.1, -0.05) is 6.07 Å². The van der Waals surface area contributed by atoms with Crippen LogP contribution in [-0.2, 0) is 0 Å². The van der Waals surface area contributed by atoms with Gasteiger partial charge in [-0.3, -0.25) is 10.4 Å². The number of hydrogen-bond acceptors (Lipinski definition) is 6. The SMILES string of the molecule is Fc1cccc(F)c1C1CCC2NNC(c3cncc(N4CCNCC4)n3)C2C1. The van der Waals surface area contributed by atoms with Crippen LogP contribution in [0.4, 0.5) is 14.6 Å². The zero-order valence-electron chi connectivity index (χ0n) is 16.2. The second kappa shape index (κ2) is 7.93. The molecule has 1 aromatic carbocycles. The number of hydrogen-bond donors (Lipinski definition) is 3. The van der Waals surface area contributed by atoms with Crippen LogP contribution in [0.3, 0.4) is 0 Å². The first-order valence-electron chi connectivity index (χ1n) is 10.4. The van der Waals surface area contributed by atoms with Crippen molar-refractivity contribution in [2.75, 3.05) is 31.1 Å². The van der Waals surface area contributed by atoms with E-state index in [4.69, 9.17) is 4.98 Å². The predicted molar refractivity (Wildman–Crippen MR) is 106 cm³/mol. The van der Waals surface area contributed by atoms with Crippen LogP contribution in [-0.4, -0.2) is 42.2 Å². The van der Waals surface area contributed by atoms with Gasteiger partial charge >= 0.3 is 0 Å². The van der Waals surface area contributed by atoms with Gasteiger partial charge in [-0.05, 0) is 43.2 Å². The van der Waals surface area contributed by atoms with Crippen molar-refractivity contribution in [3.05, 3.63) is 53.5 Å². The second-order valence-corrected chi connectivity index (χ2v) is 8.22. The molecule has 4 atom stereocenters. The van der Waals surface area contributed by atoms with Crippen LogP contribution in [0, 0.1) is 17.6 Å². The number of halogens is 2. The van der Waals surface area contributed by atoms with Crippen molar-refractivity contribution in [3.8, 4) is 0 Å². The van der Waals surface area contributed by atoms with E-state index in [9.17, 15) is 8.78 Å². The molecule has 2 saturated heterocycles. The smallest absolute Gasteiger partial charge is 0.147 e. The Balaban J connectivity index is 1.38. The fraction of sp³-hybridized carbons (Fsp3) is 0.524. The van der Waals surface area contributed by atoms with Crippen molar-refractivity contribution >= 4 is 5.82 Å². The van der Waals surface area contributed by atoms with Crippen LogP contribution >= 0.6 is 0 Å². The molecule has 8 heteroatoms. The summed E-state index contributed by atoms with van der Waals surface area (Å²) in [7, 11) is 0. The molecule has 0 amide bonds. The van der Waals surface area contributed by atoms with Gasteiger partial charge in [0.15, 0.2) is 0 Å². The van der Waals surface area contributed by atoms with E-state index < -0.39 is 11.6 Å². The molecule has 6 nitrogen and oxygen atoms in total. The van der Waals surface area contributed by atoms with E-state index in [1.165, 1.54) is 18.2 Å². The van der Waals surface area contributed by atoms with Crippen LogP contribution in [0.2, 0.25) is 0 Å². The zero-order valence-corrected chi connectivity index (χ0v) is 16.2. The van der Waals surface area contributed by atoms with Gasteiger partial charge in [-0.25, -0.2) is 19.2 Å². The molecule has 0 radical (unpaired) electrons. The highest BCUT2D eigenvalue weighted by Crippen LogP contribution is 2.44. The molecule has 1 saturated carbocycles. The van der Waals surface area contributed by atoms with Crippen molar-refractivity contribution in [2.24, 2.45) is 5.92 Å². The number of benzene rings is 1. The Bertz CT molecular complexity index is 852. The Morgan fingerprint density at radius 1 is 1.00 bits per heavy atom. The maximum atomic E-state index is 14.4. The van der Waals surface area contributed by atoms with Gasteiger partial charge in [-0.15, -0.1) is 0 Å². The zero-order chi connectivity index (χ0) is 19.8. The highest BCUT2D eigenvalue weighted by Gasteiger charge is 2.43. The first-order valence-corrected chi connectivity index (χ1v) is 10.4. The largest absolute Gasteiger partial charge is 0.353 e. The molecule has 3 fully saturated rings. The summed E-state index contributed by atoms with van der Waals surface area (Å²) in [4.78, 5) is 11.6. The molecule has 29 heavy (non-hydrogen) atoms. The molecule has 1 aliphatic carbocycles. The molecule has 1 aromatic heterocycles. The molecular formula is C21H26F2N6. The third-order valence-electron chi connectivity index (χ3n) is 6.56. The van der Waals surface area contributed by atoms with E-state index in [1.807, 2.05) is 6.20 Å². The van der Waals surface area contributed by atoms with Gasteiger partial charge in [0, 0.05) is 37.8 Å². The van der Waals surface area contributed by atoms with E-state index in [1.54, 1.807) is 6.20 Å². The highest BCUT2D eigenvalue weighted by atomic mass is 19.1. The molecule has 2 aromatic rings. The maximum Gasteiger partial charge on any atom is 0.147 e. The molecule has 3 N–H and O–H groups in total. The third-order valence-corrected chi connectivity index (χ3v) is 6.56. The van der Waals surface area contributed by atoms with Crippen molar-refractivity contribution in [2.45, 2.75) is 37.3 Å². The summed E-state index contributed by atoms with van der Waals surface area (Å²) in [6.45, 7) is 3.70. The van der Waals surface area contributed by atoms with Crippen molar-refractivity contribution in [3.63, 3.8) is 0 Å². The van der Waals surface area contributed by atoms with E-state index in [-0.39, 0.29) is 29.5 Å². The normalized spacial score (nSPS) is 29.7. The minimum Gasteiger partial charge on any atom is -0.353 e. The monoisotopic (exact) mass is 400 g/mol. The lowest BCUT2D eigenvalue weighted by atomic mass is 9.73. The van der Waals surface area contributed by atoms with Gasteiger partial charge in [0.2, 0.25) is 0 Å². The van der Waals surface area contributed by atoms with Gasteiger partial charge < -0.3 is 10.2 Å². The van der Waals surface area contributed by atoms with Crippen molar-refractivity contribution < 1.29 is 8.78 Å². The first kappa shape index (κ1) is 18.8. The molecule has 154 valence electrons. The van der Waals surface area contributed by atoms with Crippen LogP contribution in [0.15, 0.2) is 30.6 Å². The van der Waals surface area contributed by atoms with Crippen LogP contribution in [0.1, 0.15) is 42.5 Å². The molecule has 2 aliphatic heterocycles. The standard InChI is InChI=1S/C21H26F2N6/c22-15-2-1-3-16(23)20(15)13-4-5-17-14(10-13)21(28-27-17)18-11-25-12-19(26-18)29-8-6-24-7-9-29/h1-3,11-14,17,21,24,27-28H,4-10H2. The van der Waals surface area contributed by atoms with Gasteiger partial charge in [0.1, 0.15) is 17.5 Å². The van der Waals surface area contributed by atoms with Gasteiger partial charge in [0.25, 0.3) is 0 Å². The molecule has 0 spiro atoms. The predicted octanol–water partition coefficient (Wildman–Crippen LogP) is 2.27. The summed E-state index contributed by atoms with van der Waals surface area (Å²) in [6, 6.07) is 4.40.